The number of pyridine rings is 1. The molecule has 6 nitrogen and oxygen atoms in total. The summed E-state index contributed by atoms with van der Waals surface area (Å²) in [6.45, 7) is 0.419. The molecule has 0 spiro atoms. The van der Waals surface area contributed by atoms with Crippen LogP contribution in [-0.4, -0.2) is 24.7 Å². The number of carbonyl (C=O) groups excluding carboxylic acids is 1. The van der Waals surface area contributed by atoms with E-state index in [9.17, 15) is 4.79 Å². The average Bonchev–Trinajstić information content (AvgIpc) is 3.66. The minimum absolute atomic E-state index is 0.0439. The van der Waals surface area contributed by atoms with Gasteiger partial charge in [-0.3, -0.25) is 9.78 Å². The second-order valence-electron chi connectivity index (χ2n) is 9.03. The maximum absolute atomic E-state index is 15.2. The fourth-order valence-corrected chi connectivity index (χ4v) is 5.24. The van der Waals surface area contributed by atoms with Gasteiger partial charge in [0.1, 0.15) is 23.4 Å². The van der Waals surface area contributed by atoms with E-state index in [4.69, 9.17) is 18.6 Å². The molecule has 2 aliphatic rings. The zero-order chi connectivity index (χ0) is 24.6. The first-order valence-electron chi connectivity index (χ1n) is 11.9. The minimum Gasteiger partial charge on any atom is -0.492 e. The highest BCUT2D eigenvalue weighted by atomic mass is 19.1. The molecule has 182 valence electrons. The number of ether oxygens (including phenoxy) is 3. The van der Waals surface area contributed by atoms with Crippen LogP contribution in [0.25, 0.3) is 22.4 Å². The van der Waals surface area contributed by atoms with E-state index < -0.39 is 6.10 Å². The lowest BCUT2D eigenvalue weighted by Gasteiger charge is -2.18. The number of benzene rings is 2. The smallest absolute Gasteiger partial charge is 0.306 e. The van der Waals surface area contributed by atoms with Gasteiger partial charge in [0.2, 0.25) is 0 Å². The number of furan rings is 1. The SMILES string of the molecule is COC(=O)C[C@@H]1COc2cc(O[C@@H]3CCc4c(-c5cccnc5-c5ccoc5)ccc(F)c43)ccc21. The van der Waals surface area contributed by atoms with Gasteiger partial charge in [0.25, 0.3) is 0 Å². The van der Waals surface area contributed by atoms with E-state index in [0.29, 0.717) is 36.5 Å². The van der Waals surface area contributed by atoms with Crippen molar-refractivity contribution in [1.29, 1.82) is 0 Å². The van der Waals surface area contributed by atoms with E-state index in [0.717, 1.165) is 33.5 Å². The number of hydrogen-bond donors (Lipinski definition) is 0. The summed E-state index contributed by atoms with van der Waals surface area (Å²) in [5.41, 5.74) is 6.02. The summed E-state index contributed by atoms with van der Waals surface area (Å²) in [5.74, 6) is 0.706. The number of hydrogen-bond acceptors (Lipinski definition) is 6. The van der Waals surface area contributed by atoms with Gasteiger partial charge in [-0.15, -0.1) is 0 Å². The Labute approximate surface area is 207 Å². The topological polar surface area (TPSA) is 70.8 Å². The van der Waals surface area contributed by atoms with Crippen LogP contribution in [-0.2, 0) is 16.0 Å². The second-order valence-corrected chi connectivity index (χ2v) is 9.03. The Morgan fingerprint density at radius 3 is 2.92 bits per heavy atom. The molecule has 0 saturated carbocycles. The molecule has 0 bridgehead atoms. The Kier molecular flexibility index (Phi) is 5.68. The monoisotopic (exact) mass is 485 g/mol. The van der Waals surface area contributed by atoms with E-state index in [-0.39, 0.29) is 24.1 Å². The predicted molar refractivity (Wildman–Crippen MR) is 130 cm³/mol. The number of aromatic nitrogens is 1. The molecule has 2 aromatic carbocycles. The highest BCUT2D eigenvalue weighted by Crippen LogP contribution is 2.45. The summed E-state index contributed by atoms with van der Waals surface area (Å²) in [5, 5.41) is 0. The minimum atomic E-state index is -0.417. The predicted octanol–water partition coefficient (Wildman–Crippen LogP) is 6.25. The van der Waals surface area contributed by atoms with E-state index in [1.54, 1.807) is 18.7 Å². The van der Waals surface area contributed by atoms with E-state index in [1.165, 1.54) is 13.2 Å². The van der Waals surface area contributed by atoms with E-state index >= 15 is 4.39 Å². The zero-order valence-corrected chi connectivity index (χ0v) is 19.7. The molecule has 36 heavy (non-hydrogen) atoms. The van der Waals surface area contributed by atoms with Crippen molar-refractivity contribution in [3.63, 3.8) is 0 Å². The summed E-state index contributed by atoms with van der Waals surface area (Å²) in [6, 6.07) is 14.7. The van der Waals surface area contributed by atoms with Gasteiger partial charge in [-0.2, -0.15) is 0 Å². The van der Waals surface area contributed by atoms with Crippen molar-refractivity contribution in [1.82, 2.24) is 4.98 Å². The van der Waals surface area contributed by atoms with Gasteiger partial charge >= 0.3 is 5.97 Å². The van der Waals surface area contributed by atoms with Crippen LogP contribution in [0.4, 0.5) is 4.39 Å². The quantitative estimate of drug-likeness (QED) is 0.301. The van der Waals surface area contributed by atoms with Gasteiger partial charge in [0.05, 0.1) is 38.4 Å². The Hall–Kier alpha value is -4.13. The fraction of sp³-hybridized carbons (Fsp3) is 0.241. The molecule has 0 saturated heterocycles. The molecule has 7 heteroatoms. The number of esters is 1. The maximum Gasteiger partial charge on any atom is 0.306 e. The lowest BCUT2D eigenvalue weighted by Crippen LogP contribution is -2.09. The third-order valence-corrected chi connectivity index (χ3v) is 6.96. The number of fused-ring (bicyclic) bond motifs is 2. The Morgan fingerprint density at radius 1 is 1.17 bits per heavy atom. The van der Waals surface area contributed by atoms with Crippen LogP contribution < -0.4 is 9.47 Å². The largest absolute Gasteiger partial charge is 0.492 e. The van der Waals surface area contributed by atoms with E-state index in [1.807, 2.05) is 42.5 Å². The standard InChI is InChI=1S/C29H24FNO5/c1-33-27(32)13-18-16-35-26-14-19(4-5-20(18)26)36-25-9-7-22-21(6-8-24(30)28(22)25)23-3-2-11-31-29(23)17-10-12-34-15-17/h2-6,8,10-12,14-15,18,25H,7,9,13,16H2,1H3/t18-,25-/m1/s1. The molecular weight excluding hydrogens is 461 g/mol. The van der Waals surface area contributed by atoms with Gasteiger partial charge in [-0.25, -0.2) is 4.39 Å². The van der Waals surface area contributed by atoms with Crippen LogP contribution in [0.3, 0.4) is 0 Å². The van der Waals surface area contributed by atoms with Crippen LogP contribution >= 0.6 is 0 Å². The fourth-order valence-electron chi connectivity index (χ4n) is 5.24. The lowest BCUT2D eigenvalue weighted by molar-refractivity contribution is -0.141. The van der Waals surface area contributed by atoms with Crippen LogP contribution in [0.15, 0.2) is 71.7 Å². The first-order chi connectivity index (χ1) is 17.6. The normalized spacial score (nSPS) is 17.8. The van der Waals surface area contributed by atoms with Crippen molar-refractivity contribution in [3.05, 3.63) is 89.8 Å². The maximum atomic E-state index is 15.2. The van der Waals surface area contributed by atoms with Crippen molar-refractivity contribution >= 4 is 5.97 Å². The first kappa shape index (κ1) is 22.3. The summed E-state index contributed by atoms with van der Waals surface area (Å²) in [7, 11) is 1.38. The number of halogens is 1. The molecule has 1 aliphatic carbocycles. The first-order valence-corrected chi connectivity index (χ1v) is 11.9. The number of carbonyl (C=O) groups is 1. The van der Waals surface area contributed by atoms with Crippen LogP contribution in [0, 0.1) is 5.82 Å². The molecule has 4 aromatic rings. The van der Waals surface area contributed by atoms with Gasteiger partial charge < -0.3 is 18.6 Å². The van der Waals surface area contributed by atoms with Crippen molar-refractivity contribution in [2.45, 2.75) is 31.3 Å². The molecular formula is C29H24FNO5. The molecule has 2 aromatic heterocycles. The molecule has 0 unspecified atom stereocenters. The van der Waals surface area contributed by atoms with Gasteiger partial charge in [0, 0.05) is 40.4 Å². The third-order valence-electron chi connectivity index (χ3n) is 6.96. The van der Waals surface area contributed by atoms with Crippen molar-refractivity contribution in [3.8, 4) is 33.9 Å². The van der Waals surface area contributed by atoms with Crippen LogP contribution in [0.1, 0.15) is 41.6 Å². The van der Waals surface area contributed by atoms with Crippen molar-refractivity contribution in [2.75, 3.05) is 13.7 Å². The average molecular weight is 486 g/mol. The summed E-state index contributed by atoms with van der Waals surface area (Å²) in [4.78, 5) is 16.3. The molecule has 1 aliphatic heterocycles. The zero-order valence-electron chi connectivity index (χ0n) is 19.7. The molecule has 6 rings (SSSR count). The van der Waals surface area contributed by atoms with Gasteiger partial charge in [-0.05, 0) is 48.2 Å². The molecule has 2 atom stereocenters. The van der Waals surface area contributed by atoms with Gasteiger partial charge in [0.15, 0.2) is 0 Å². The third kappa shape index (κ3) is 3.90. The molecule has 0 radical (unpaired) electrons. The number of methoxy groups -OCH3 is 1. The van der Waals surface area contributed by atoms with Crippen LogP contribution in [0.2, 0.25) is 0 Å². The summed E-state index contributed by atoms with van der Waals surface area (Å²) in [6.07, 6.45) is 6.22. The summed E-state index contributed by atoms with van der Waals surface area (Å²) >= 11 is 0. The van der Waals surface area contributed by atoms with Gasteiger partial charge in [-0.1, -0.05) is 18.2 Å². The lowest BCUT2D eigenvalue weighted by atomic mass is 9.94. The highest BCUT2D eigenvalue weighted by molar-refractivity contribution is 5.83. The Bertz CT molecular complexity index is 1430. The highest BCUT2D eigenvalue weighted by Gasteiger charge is 2.32. The van der Waals surface area contributed by atoms with E-state index in [2.05, 4.69) is 4.98 Å². The van der Waals surface area contributed by atoms with Crippen molar-refractivity contribution in [2.24, 2.45) is 0 Å². The summed E-state index contributed by atoms with van der Waals surface area (Å²) < 4.78 is 37.3. The molecule has 0 N–H and O–H groups in total. The Balaban J connectivity index is 1.30. The number of nitrogens with zero attached hydrogens (tertiary/aromatic N) is 1. The molecule has 0 fully saturated rings. The Morgan fingerprint density at radius 2 is 2.08 bits per heavy atom. The van der Waals surface area contributed by atoms with Crippen LogP contribution in [0.5, 0.6) is 11.5 Å². The molecule has 0 amide bonds. The van der Waals surface area contributed by atoms with Crippen molar-refractivity contribution < 1.29 is 27.8 Å². The molecule has 3 heterocycles. The second kappa shape index (κ2) is 9.15. The number of rotatable bonds is 6.